The summed E-state index contributed by atoms with van der Waals surface area (Å²) in [5.74, 6) is 0.209. The van der Waals surface area contributed by atoms with Crippen LogP contribution in [0.15, 0.2) is 24.3 Å². The number of fused-ring (bicyclic) bond motifs is 8. The summed E-state index contributed by atoms with van der Waals surface area (Å²) < 4.78 is 27.0. The average molecular weight is 1650 g/mol. The number of H-pyrrole nitrogens is 2. The number of carbonyl (C=O) groups excluding carboxylic acids is 4. The first-order chi connectivity index (χ1) is 58.5. The van der Waals surface area contributed by atoms with E-state index in [0.717, 1.165) is 77.0 Å². The lowest BCUT2D eigenvalue weighted by atomic mass is 10.0. The summed E-state index contributed by atoms with van der Waals surface area (Å²) in [6.45, 7) is 16.3. The zero-order chi connectivity index (χ0) is 84.9. The number of nitrogens with one attached hydrogen (secondary N) is 6. The molecule has 5 heterocycles. The Morgan fingerprint density at radius 3 is 0.714 bits per heavy atom. The van der Waals surface area contributed by atoms with Crippen LogP contribution in [0.25, 0.3) is 46.4 Å². The second-order valence-electron chi connectivity index (χ2n) is 35.3. The van der Waals surface area contributed by atoms with E-state index in [9.17, 15) is 19.2 Å². The van der Waals surface area contributed by atoms with Gasteiger partial charge in [-0.2, -0.15) is 0 Å². The van der Waals surface area contributed by atoms with E-state index in [0.29, 0.717) is 88.3 Å². The molecule has 0 spiro atoms. The van der Waals surface area contributed by atoms with E-state index in [-0.39, 0.29) is 36.0 Å². The minimum absolute atomic E-state index is 0.237. The minimum Gasteiger partial charge on any atom is -0.479 e. The lowest BCUT2D eigenvalue weighted by Gasteiger charge is -2.16. The maximum absolute atomic E-state index is 14.1. The molecular formula is C103H176N8O8. The van der Waals surface area contributed by atoms with Gasteiger partial charge in [-0.3, -0.25) is 19.2 Å². The van der Waals surface area contributed by atoms with Gasteiger partial charge < -0.3 is 50.2 Å². The molecule has 0 aliphatic carbocycles. The van der Waals surface area contributed by atoms with E-state index < -0.39 is 18.3 Å². The second kappa shape index (κ2) is 70.1. The molecule has 0 saturated heterocycles. The SMILES string of the molecule is CCCCCCCCCCCCCCCCCCNC(=O)COc1c2nc(c(O[C@H](C)C(=O)NCCCCCCCCCCCCCCCCCC)c3nc(c(O[C@H](C)C(=O)NCCCCCCCCCCCCCCCCCC)c4ccc([nH]4)c(O[C@H](C)C(=O)NCCCCCCCCCCCCCCCCCC)c4ccc1[nH]4)C=C3)C=C2. The van der Waals surface area contributed by atoms with Crippen LogP contribution in [0.4, 0.5) is 0 Å². The van der Waals surface area contributed by atoms with Crippen LogP contribution in [0, 0.1) is 0 Å². The molecule has 3 aromatic rings. The third-order valence-electron chi connectivity index (χ3n) is 24.2. The van der Waals surface area contributed by atoms with Crippen molar-refractivity contribution in [3.63, 3.8) is 0 Å². The van der Waals surface area contributed by atoms with Crippen LogP contribution < -0.4 is 40.2 Å². The number of aromatic nitrogens is 4. The van der Waals surface area contributed by atoms with Gasteiger partial charge in [0.05, 0.1) is 22.1 Å². The summed E-state index contributed by atoms with van der Waals surface area (Å²) in [5, 5.41) is 12.6. The minimum atomic E-state index is -0.943. The van der Waals surface area contributed by atoms with Crippen molar-refractivity contribution in [3.8, 4) is 23.0 Å². The van der Waals surface area contributed by atoms with E-state index in [1.54, 1.807) is 20.8 Å². The first-order valence-corrected chi connectivity index (χ1v) is 50.4. The van der Waals surface area contributed by atoms with Crippen LogP contribution in [0.2, 0.25) is 0 Å². The van der Waals surface area contributed by atoms with Gasteiger partial charge in [0.25, 0.3) is 23.6 Å². The number of hydrogen-bond donors (Lipinski definition) is 6. The van der Waals surface area contributed by atoms with Crippen molar-refractivity contribution >= 4 is 70.0 Å². The Balaban J connectivity index is 1.34. The van der Waals surface area contributed by atoms with Gasteiger partial charge in [0.1, 0.15) is 22.8 Å². The molecule has 4 amide bonds. The number of carbonyl (C=O) groups is 4. The van der Waals surface area contributed by atoms with Crippen molar-refractivity contribution < 1.29 is 38.1 Å². The number of amides is 4. The predicted molar refractivity (Wildman–Crippen MR) is 505 cm³/mol. The Hall–Kier alpha value is -6.32. The van der Waals surface area contributed by atoms with Gasteiger partial charge in [0, 0.05) is 26.2 Å². The summed E-state index contributed by atoms with van der Waals surface area (Å²) in [7, 11) is 0. The zero-order valence-corrected chi connectivity index (χ0v) is 77.3. The number of unbranched alkanes of at least 4 members (excludes halogenated alkanes) is 60. The van der Waals surface area contributed by atoms with Gasteiger partial charge in [0.2, 0.25) is 0 Å². The molecule has 0 saturated carbocycles. The third-order valence-corrected chi connectivity index (χ3v) is 24.2. The van der Waals surface area contributed by atoms with Gasteiger partial charge in [-0.25, -0.2) is 9.97 Å². The molecule has 0 fully saturated rings. The molecule has 5 rings (SSSR count). The normalized spacial score (nSPS) is 12.6. The Morgan fingerprint density at radius 1 is 0.261 bits per heavy atom. The van der Waals surface area contributed by atoms with Crippen LogP contribution in [0.3, 0.4) is 0 Å². The number of ether oxygens (including phenoxy) is 4. The topological polar surface area (TPSA) is 211 Å². The molecular weight excluding hydrogens is 1480 g/mol. The first kappa shape index (κ1) is 103. The van der Waals surface area contributed by atoms with Gasteiger partial charge in [0.15, 0.2) is 47.9 Å². The van der Waals surface area contributed by atoms with Gasteiger partial charge in [-0.15, -0.1) is 0 Å². The van der Waals surface area contributed by atoms with Crippen LogP contribution in [-0.2, 0) is 19.2 Å². The largest absolute Gasteiger partial charge is 0.479 e. The molecule has 3 atom stereocenters. The van der Waals surface area contributed by atoms with Crippen molar-refractivity contribution in [1.29, 1.82) is 0 Å². The predicted octanol–water partition coefficient (Wildman–Crippen LogP) is 28.8. The molecule has 0 unspecified atom stereocenters. The maximum atomic E-state index is 14.1. The standard InChI is InChI=1S/C103H176N8O8/c1-8-12-16-20-24-28-32-36-40-44-48-52-56-60-64-68-80-104-96(112)84-116-97-88-72-74-90(108-88)98(117-85(5)101(113)105-81-69-65-61-57-53-49-45-41-37-33-29-25-21-17-13-9-2)92-76-78-94(110-92)100(119-87(7)103(115)107-83-71-67-63-59-55-51-47-43-39-35-31-27-23-19-15-11-4)95-79-77-93(111-95)99(91-75-73-89(97)109-91)118-86(6)102(114)106-82-70-66-62-58-54-50-46-42-38-34-30-26-22-18-14-10-3/h72-79,85-87,108,110H,8-71,80-84H2,1-7H3,(H,104,112)(H,105,113)(H,106,114)(H,107,115)/t85-,86-,87-/m1/s1. The quantitative estimate of drug-likeness (QED) is 0.0203. The third kappa shape index (κ3) is 48.4. The lowest BCUT2D eigenvalue weighted by Crippen LogP contribution is -2.37. The highest BCUT2D eigenvalue weighted by Gasteiger charge is 2.26. The van der Waals surface area contributed by atoms with Gasteiger partial charge >= 0.3 is 0 Å². The summed E-state index contributed by atoms with van der Waals surface area (Å²) in [4.78, 5) is 73.7. The molecule has 8 bridgehead atoms. The zero-order valence-electron chi connectivity index (χ0n) is 77.3. The molecule has 2 aliphatic heterocycles. The van der Waals surface area contributed by atoms with Gasteiger partial charge in [-0.1, -0.05) is 413 Å². The molecule has 16 heteroatoms. The number of rotatable bonds is 80. The molecule has 0 radical (unpaired) electrons. The molecule has 2 aliphatic rings. The average Bonchev–Trinajstić information content (AvgIpc) is 1.64. The van der Waals surface area contributed by atoms with Crippen LogP contribution >= 0.6 is 0 Å². The molecule has 0 aromatic carbocycles. The Labute approximate surface area is 725 Å². The highest BCUT2D eigenvalue weighted by Crippen LogP contribution is 2.38. The van der Waals surface area contributed by atoms with E-state index in [1.165, 1.54) is 334 Å². The molecule has 119 heavy (non-hydrogen) atoms. The lowest BCUT2D eigenvalue weighted by molar-refractivity contribution is -0.127. The molecule has 6 N–H and O–H groups in total. The fraction of sp³-hybridized carbons (Fsp3) is 0.767. The smallest absolute Gasteiger partial charge is 0.260 e. The van der Waals surface area contributed by atoms with Crippen molar-refractivity contribution in [1.82, 2.24) is 41.2 Å². The molecule has 3 aromatic heterocycles. The Bertz CT molecular complexity index is 3320. The van der Waals surface area contributed by atoms with Crippen molar-refractivity contribution in [3.05, 3.63) is 47.0 Å². The van der Waals surface area contributed by atoms with Crippen molar-refractivity contribution in [2.24, 2.45) is 0 Å². The number of aromatic amines is 2. The fourth-order valence-electron chi connectivity index (χ4n) is 16.5. The molecule has 16 nitrogen and oxygen atoms in total. The summed E-state index contributed by atoms with van der Waals surface area (Å²) in [6.07, 6.45) is 86.3. The van der Waals surface area contributed by atoms with Crippen LogP contribution in [0.1, 0.15) is 482 Å². The highest BCUT2D eigenvalue weighted by molar-refractivity contribution is 5.90. The summed E-state index contributed by atoms with van der Waals surface area (Å²) >= 11 is 0. The van der Waals surface area contributed by atoms with Crippen molar-refractivity contribution in [2.45, 2.75) is 478 Å². The monoisotopic (exact) mass is 1650 g/mol. The van der Waals surface area contributed by atoms with E-state index in [4.69, 9.17) is 28.9 Å². The maximum Gasteiger partial charge on any atom is 0.260 e. The van der Waals surface area contributed by atoms with E-state index >= 15 is 0 Å². The highest BCUT2D eigenvalue weighted by atomic mass is 16.5. The van der Waals surface area contributed by atoms with Crippen molar-refractivity contribution in [2.75, 3.05) is 32.8 Å². The summed E-state index contributed by atoms with van der Waals surface area (Å²) in [5.41, 5.74) is 3.62. The second-order valence-corrected chi connectivity index (χ2v) is 35.3. The fourth-order valence-corrected chi connectivity index (χ4v) is 16.5. The molecule has 676 valence electrons. The first-order valence-electron chi connectivity index (χ1n) is 50.4. The van der Waals surface area contributed by atoms with Gasteiger partial charge in [-0.05, 0) is 95.0 Å². The number of hydrogen-bond acceptors (Lipinski definition) is 10. The number of nitrogens with zero attached hydrogens (tertiary/aromatic N) is 2. The Kier molecular flexibility index (Phi) is 60.8. The van der Waals surface area contributed by atoms with E-state index in [1.807, 2.05) is 48.6 Å². The van der Waals surface area contributed by atoms with Crippen LogP contribution in [0.5, 0.6) is 23.0 Å². The van der Waals surface area contributed by atoms with E-state index in [2.05, 4.69) is 58.9 Å². The Morgan fingerprint density at radius 2 is 0.454 bits per heavy atom. The summed E-state index contributed by atoms with van der Waals surface area (Å²) in [6, 6.07) is 7.47. The van der Waals surface area contributed by atoms with Crippen LogP contribution in [-0.4, -0.2) is 94.7 Å².